The van der Waals surface area contributed by atoms with Crippen molar-refractivity contribution in [3.8, 4) is 0 Å². The van der Waals surface area contributed by atoms with E-state index in [0.717, 1.165) is 17.6 Å². The molecule has 0 aliphatic rings. The van der Waals surface area contributed by atoms with Gasteiger partial charge in [-0.1, -0.05) is 54.6 Å². The van der Waals surface area contributed by atoms with Crippen LogP contribution in [-0.4, -0.2) is 27.4 Å². The highest BCUT2D eigenvalue weighted by atomic mass is 16.5. The zero-order valence-electron chi connectivity index (χ0n) is 13.3. The van der Waals surface area contributed by atoms with Crippen molar-refractivity contribution in [2.45, 2.75) is 6.32 Å². The molecular weight excluding hydrogens is 287 g/mol. The summed E-state index contributed by atoms with van der Waals surface area (Å²) in [6.07, 6.45) is 0.855. The van der Waals surface area contributed by atoms with Gasteiger partial charge in [-0.2, -0.15) is 0 Å². The third-order valence-electron chi connectivity index (χ3n) is 3.38. The first kappa shape index (κ1) is 17.1. The molecule has 2 aromatic rings. The molecule has 0 atom stereocenters. The van der Waals surface area contributed by atoms with E-state index in [1.807, 2.05) is 42.5 Å². The van der Waals surface area contributed by atoms with Crippen LogP contribution in [-0.2, 0) is 15.7 Å². The lowest BCUT2D eigenvalue weighted by atomic mass is 9.89. The maximum Gasteiger partial charge on any atom is 0.281 e. The molecule has 23 heavy (non-hydrogen) atoms. The largest absolute Gasteiger partial charge is 0.492 e. The zero-order valence-corrected chi connectivity index (χ0v) is 13.3. The van der Waals surface area contributed by atoms with E-state index in [9.17, 15) is 0 Å². The number of anilines is 1. The monoisotopic (exact) mass is 310 g/mol. The van der Waals surface area contributed by atoms with Crippen molar-refractivity contribution in [1.82, 2.24) is 0 Å². The van der Waals surface area contributed by atoms with Crippen molar-refractivity contribution < 1.29 is 9.39 Å². The van der Waals surface area contributed by atoms with Crippen LogP contribution in [0.5, 0.6) is 0 Å². The highest BCUT2D eigenvalue weighted by molar-refractivity contribution is 6.26. The minimum absolute atomic E-state index is 0.264. The molecule has 120 valence electrons. The van der Waals surface area contributed by atoms with Gasteiger partial charge >= 0.3 is 0 Å². The van der Waals surface area contributed by atoms with Gasteiger partial charge in [-0.3, -0.25) is 0 Å². The van der Waals surface area contributed by atoms with Crippen LogP contribution in [0, 0.1) is 0 Å². The van der Waals surface area contributed by atoms with Gasteiger partial charge in [0.05, 0.1) is 6.73 Å². The van der Waals surface area contributed by atoms with E-state index in [2.05, 4.69) is 24.0 Å². The smallest absolute Gasteiger partial charge is 0.281 e. The Morgan fingerprint density at radius 2 is 1.96 bits per heavy atom. The summed E-state index contributed by atoms with van der Waals surface area (Å²) in [6, 6.07) is 18.2. The second kappa shape index (κ2) is 9.72. The maximum absolute atomic E-state index is 5.67. The van der Waals surface area contributed by atoms with Gasteiger partial charge in [0.15, 0.2) is 0 Å². The van der Waals surface area contributed by atoms with E-state index in [4.69, 9.17) is 15.1 Å². The Kier molecular flexibility index (Phi) is 7.23. The van der Waals surface area contributed by atoms with Gasteiger partial charge in [-0.05, 0) is 18.5 Å². The molecule has 0 unspecified atom stereocenters. The lowest BCUT2D eigenvalue weighted by molar-refractivity contribution is 0.292. The number of rotatable bonds is 10. The molecule has 0 saturated heterocycles. The van der Waals surface area contributed by atoms with Gasteiger partial charge in [0.2, 0.25) is 0 Å². The Hall–Kier alpha value is -2.24. The number of nitrogens with two attached hydrogens (primary N) is 1. The first-order valence-electron chi connectivity index (χ1n) is 7.77. The van der Waals surface area contributed by atoms with Crippen molar-refractivity contribution in [2.24, 2.45) is 5.73 Å². The summed E-state index contributed by atoms with van der Waals surface area (Å²) in [5.74, 6) is 0.695. The standard InChI is InChI=1S/C18H23BN2O2/c1-15(17-7-3-2-4-8-17)22-11-10-21-18-9-5-6-16(12-18)13-19-23-14-20/h2-9,12,19,21H,1,10-11,13-14,20H2. The fraction of sp³-hybridized carbons (Fsp3) is 0.222. The number of hydrogen-bond donors (Lipinski definition) is 2. The molecule has 0 aromatic heterocycles. The molecule has 0 amide bonds. The van der Waals surface area contributed by atoms with Gasteiger partial charge in [-0.15, -0.1) is 0 Å². The van der Waals surface area contributed by atoms with Crippen molar-refractivity contribution in [1.29, 1.82) is 0 Å². The molecule has 0 heterocycles. The summed E-state index contributed by atoms with van der Waals surface area (Å²) >= 11 is 0. The molecule has 3 N–H and O–H groups in total. The summed E-state index contributed by atoms with van der Waals surface area (Å²) in [5, 5.41) is 3.35. The molecule has 0 aliphatic heterocycles. The van der Waals surface area contributed by atoms with Crippen LogP contribution in [0.25, 0.3) is 5.76 Å². The second-order valence-electron chi connectivity index (χ2n) is 5.09. The molecule has 0 fully saturated rings. The average Bonchev–Trinajstić information content (AvgIpc) is 2.60. The van der Waals surface area contributed by atoms with Crippen LogP contribution in [0.1, 0.15) is 11.1 Å². The van der Waals surface area contributed by atoms with Gasteiger partial charge in [0.25, 0.3) is 7.48 Å². The molecule has 5 heteroatoms. The highest BCUT2D eigenvalue weighted by Gasteiger charge is 2.00. The lowest BCUT2D eigenvalue weighted by Gasteiger charge is -2.11. The van der Waals surface area contributed by atoms with Gasteiger partial charge < -0.3 is 20.4 Å². The second-order valence-corrected chi connectivity index (χ2v) is 5.09. The Balaban J connectivity index is 1.71. The van der Waals surface area contributed by atoms with E-state index in [0.29, 0.717) is 26.4 Å². The van der Waals surface area contributed by atoms with E-state index in [1.165, 1.54) is 5.56 Å². The molecule has 0 saturated carbocycles. The Labute approximate surface area is 138 Å². The van der Waals surface area contributed by atoms with Gasteiger partial charge in [0.1, 0.15) is 12.4 Å². The summed E-state index contributed by atoms with van der Waals surface area (Å²) in [6.45, 7) is 5.50. The normalized spacial score (nSPS) is 10.1. The molecule has 2 aromatic carbocycles. The Bertz CT molecular complexity index is 605. The fourth-order valence-corrected chi connectivity index (χ4v) is 2.19. The van der Waals surface area contributed by atoms with Crippen LogP contribution >= 0.6 is 0 Å². The van der Waals surface area contributed by atoms with Crippen LogP contribution in [0.15, 0.2) is 61.2 Å². The van der Waals surface area contributed by atoms with E-state index >= 15 is 0 Å². The Morgan fingerprint density at radius 3 is 2.74 bits per heavy atom. The van der Waals surface area contributed by atoms with E-state index < -0.39 is 0 Å². The highest BCUT2D eigenvalue weighted by Crippen LogP contribution is 2.13. The van der Waals surface area contributed by atoms with Crippen molar-refractivity contribution in [3.05, 3.63) is 72.3 Å². The fourth-order valence-electron chi connectivity index (χ4n) is 2.19. The zero-order chi connectivity index (χ0) is 16.3. The number of nitrogens with one attached hydrogen (secondary N) is 1. The van der Waals surface area contributed by atoms with Gasteiger partial charge in [0, 0.05) is 17.8 Å². The predicted octanol–water partition coefficient (Wildman–Crippen LogP) is 2.57. The molecule has 0 bridgehead atoms. The molecule has 0 aliphatic carbocycles. The van der Waals surface area contributed by atoms with Crippen molar-refractivity contribution in [2.75, 3.05) is 25.2 Å². The number of benzene rings is 2. The average molecular weight is 310 g/mol. The van der Waals surface area contributed by atoms with Crippen LogP contribution < -0.4 is 11.1 Å². The summed E-state index contributed by atoms with van der Waals surface area (Å²) in [7, 11) is 0.639. The van der Waals surface area contributed by atoms with Crippen LogP contribution in [0.3, 0.4) is 0 Å². The molecule has 2 rings (SSSR count). The minimum atomic E-state index is 0.264. The third-order valence-corrected chi connectivity index (χ3v) is 3.38. The first-order chi connectivity index (χ1) is 11.3. The SMILES string of the molecule is C=C(OCCNc1cccc(CBOCN)c1)c1ccccc1. The Morgan fingerprint density at radius 1 is 1.13 bits per heavy atom. The van der Waals surface area contributed by atoms with Crippen LogP contribution in [0.4, 0.5) is 5.69 Å². The summed E-state index contributed by atoms with van der Waals surface area (Å²) < 4.78 is 10.8. The third kappa shape index (κ3) is 6.18. The van der Waals surface area contributed by atoms with Gasteiger partial charge in [-0.25, -0.2) is 0 Å². The summed E-state index contributed by atoms with van der Waals surface area (Å²) in [5.41, 5.74) is 8.62. The lowest BCUT2D eigenvalue weighted by Crippen LogP contribution is -2.11. The molecule has 0 radical (unpaired) electrons. The quantitative estimate of drug-likeness (QED) is 0.306. The van der Waals surface area contributed by atoms with Crippen LogP contribution in [0.2, 0.25) is 0 Å². The predicted molar refractivity (Wildman–Crippen MR) is 97.4 cm³/mol. The molecule has 0 spiro atoms. The molecule has 4 nitrogen and oxygen atoms in total. The van der Waals surface area contributed by atoms with E-state index in [-0.39, 0.29) is 6.73 Å². The van der Waals surface area contributed by atoms with E-state index in [1.54, 1.807) is 0 Å². The molecular formula is C18H23BN2O2. The maximum atomic E-state index is 5.67. The number of ether oxygens (including phenoxy) is 1. The first-order valence-corrected chi connectivity index (χ1v) is 7.77. The topological polar surface area (TPSA) is 56.5 Å². The number of hydrogen-bond acceptors (Lipinski definition) is 4. The van der Waals surface area contributed by atoms with Crippen molar-refractivity contribution >= 4 is 18.9 Å². The minimum Gasteiger partial charge on any atom is -0.492 e. The summed E-state index contributed by atoms with van der Waals surface area (Å²) in [4.78, 5) is 0. The van der Waals surface area contributed by atoms with Crippen molar-refractivity contribution in [3.63, 3.8) is 0 Å².